The van der Waals surface area contributed by atoms with Crippen molar-refractivity contribution in [2.75, 3.05) is 26.5 Å². The van der Waals surface area contributed by atoms with Crippen molar-refractivity contribution in [3.63, 3.8) is 0 Å². The fourth-order valence-electron chi connectivity index (χ4n) is 2.98. The van der Waals surface area contributed by atoms with Crippen LogP contribution in [-0.2, 0) is 0 Å². The first-order chi connectivity index (χ1) is 12.5. The zero-order valence-corrected chi connectivity index (χ0v) is 15.8. The van der Waals surface area contributed by atoms with Crippen molar-refractivity contribution in [3.05, 3.63) is 59.2 Å². The Bertz CT molecular complexity index is 819. The van der Waals surface area contributed by atoms with E-state index in [-0.39, 0.29) is 17.1 Å². The number of thioether (sulfide) groups is 1. The summed E-state index contributed by atoms with van der Waals surface area (Å²) in [6.07, 6.45) is 0. The summed E-state index contributed by atoms with van der Waals surface area (Å²) < 4.78 is 10.8. The zero-order chi connectivity index (χ0) is 18.7. The number of Topliss-reactive ketones (excluding diaryl/α,β-unsaturated/α-hetero) is 1. The van der Waals surface area contributed by atoms with Gasteiger partial charge in [0, 0.05) is 29.0 Å². The molecular weight excluding hydrogens is 350 g/mol. The first kappa shape index (κ1) is 18.3. The lowest BCUT2D eigenvalue weighted by molar-refractivity contribution is 0.0758. The van der Waals surface area contributed by atoms with E-state index < -0.39 is 0 Å². The molecule has 6 heteroatoms. The van der Waals surface area contributed by atoms with Crippen LogP contribution in [0.5, 0.6) is 11.5 Å². The second kappa shape index (κ2) is 7.83. The van der Waals surface area contributed by atoms with E-state index in [2.05, 4.69) is 0 Å². The number of hydrogen-bond donors (Lipinski definition) is 0. The molecule has 136 valence electrons. The highest BCUT2D eigenvalue weighted by Crippen LogP contribution is 2.43. The van der Waals surface area contributed by atoms with E-state index in [0.29, 0.717) is 17.7 Å². The number of amides is 1. The average Bonchev–Trinajstić information content (AvgIpc) is 3.16. The number of carbonyl (C=O) groups is 2. The smallest absolute Gasteiger partial charge is 0.255 e. The van der Waals surface area contributed by atoms with E-state index in [0.717, 1.165) is 22.8 Å². The number of carbonyl (C=O) groups excluding carboxylic acids is 2. The topological polar surface area (TPSA) is 55.8 Å². The molecule has 1 unspecified atom stereocenters. The SMILES string of the molecule is COc1ccc(OC)c(C2SCCN2C(=O)c2ccc(C(C)=O)cc2)c1. The molecule has 3 rings (SSSR count). The van der Waals surface area contributed by atoms with Crippen LogP contribution >= 0.6 is 11.8 Å². The number of methoxy groups -OCH3 is 2. The van der Waals surface area contributed by atoms with Gasteiger partial charge in [-0.25, -0.2) is 0 Å². The molecule has 0 aromatic heterocycles. The highest BCUT2D eigenvalue weighted by molar-refractivity contribution is 7.99. The van der Waals surface area contributed by atoms with Gasteiger partial charge in [0.15, 0.2) is 5.78 Å². The largest absolute Gasteiger partial charge is 0.497 e. The van der Waals surface area contributed by atoms with Gasteiger partial charge in [-0.05, 0) is 37.3 Å². The molecule has 2 aromatic rings. The fourth-order valence-corrected chi connectivity index (χ4v) is 4.25. The van der Waals surface area contributed by atoms with Crippen molar-refractivity contribution >= 4 is 23.5 Å². The molecule has 0 aliphatic carbocycles. The normalized spacial score (nSPS) is 16.4. The van der Waals surface area contributed by atoms with Gasteiger partial charge in [0.2, 0.25) is 0 Å². The van der Waals surface area contributed by atoms with Crippen LogP contribution in [0.2, 0.25) is 0 Å². The predicted octanol–water partition coefficient (Wildman–Crippen LogP) is 3.79. The molecule has 0 spiro atoms. The van der Waals surface area contributed by atoms with E-state index in [1.165, 1.54) is 6.92 Å². The minimum absolute atomic E-state index is 0.0141. The third-order valence-corrected chi connectivity index (χ3v) is 5.64. The molecular formula is C20H21NO4S. The Kier molecular flexibility index (Phi) is 5.52. The molecule has 0 saturated carbocycles. The van der Waals surface area contributed by atoms with Gasteiger partial charge in [-0.3, -0.25) is 9.59 Å². The third-order valence-electron chi connectivity index (χ3n) is 4.39. The molecule has 0 N–H and O–H groups in total. The monoisotopic (exact) mass is 371 g/mol. The maximum atomic E-state index is 13.0. The van der Waals surface area contributed by atoms with Crippen LogP contribution in [0.1, 0.15) is 38.6 Å². The molecule has 1 aliphatic rings. The Morgan fingerprint density at radius 1 is 1.04 bits per heavy atom. The van der Waals surface area contributed by atoms with Gasteiger partial charge < -0.3 is 14.4 Å². The van der Waals surface area contributed by atoms with Crippen LogP contribution in [0.4, 0.5) is 0 Å². The van der Waals surface area contributed by atoms with E-state index in [4.69, 9.17) is 9.47 Å². The summed E-state index contributed by atoms with van der Waals surface area (Å²) in [5, 5.41) is -0.139. The van der Waals surface area contributed by atoms with Crippen molar-refractivity contribution in [1.82, 2.24) is 4.90 Å². The van der Waals surface area contributed by atoms with Crippen molar-refractivity contribution in [3.8, 4) is 11.5 Å². The van der Waals surface area contributed by atoms with Crippen molar-refractivity contribution in [1.29, 1.82) is 0 Å². The molecule has 1 aliphatic heterocycles. The average molecular weight is 371 g/mol. The van der Waals surface area contributed by atoms with E-state index in [1.54, 1.807) is 50.2 Å². The number of ketones is 1. The van der Waals surface area contributed by atoms with Gasteiger partial charge in [0.05, 0.1) is 14.2 Å². The number of rotatable bonds is 5. The second-order valence-electron chi connectivity index (χ2n) is 5.96. The maximum absolute atomic E-state index is 13.0. The van der Waals surface area contributed by atoms with E-state index >= 15 is 0 Å². The summed E-state index contributed by atoms with van der Waals surface area (Å²) in [6, 6.07) is 12.4. The Morgan fingerprint density at radius 3 is 2.35 bits per heavy atom. The lowest BCUT2D eigenvalue weighted by Crippen LogP contribution is -2.30. The number of benzene rings is 2. The minimum Gasteiger partial charge on any atom is -0.497 e. The van der Waals surface area contributed by atoms with Crippen molar-refractivity contribution < 1.29 is 19.1 Å². The molecule has 26 heavy (non-hydrogen) atoms. The standard InChI is InChI=1S/C20H21NO4S/c1-13(22)14-4-6-15(7-5-14)19(23)21-10-11-26-20(21)17-12-16(24-2)8-9-18(17)25-3/h4-9,12,20H,10-11H2,1-3H3. The molecule has 0 bridgehead atoms. The first-order valence-corrected chi connectivity index (χ1v) is 9.35. The van der Waals surface area contributed by atoms with Crippen LogP contribution < -0.4 is 9.47 Å². The zero-order valence-electron chi connectivity index (χ0n) is 15.0. The van der Waals surface area contributed by atoms with Gasteiger partial charge in [-0.15, -0.1) is 11.8 Å². The Labute approximate surface area is 157 Å². The highest BCUT2D eigenvalue weighted by atomic mass is 32.2. The summed E-state index contributed by atoms with van der Waals surface area (Å²) in [4.78, 5) is 26.3. The van der Waals surface area contributed by atoms with Crippen LogP contribution in [0.3, 0.4) is 0 Å². The molecule has 1 atom stereocenters. The Balaban J connectivity index is 1.90. The lowest BCUT2D eigenvalue weighted by Gasteiger charge is -2.26. The summed E-state index contributed by atoms with van der Waals surface area (Å²) in [5.41, 5.74) is 2.09. The predicted molar refractivity (Wildman–Crippen MR) is 102 cm³/mol. The van der Waals surface area contributed by atoms with Gasteiger partial charge in [0.1, 0.15) is 16.9 Å². The van der Waals surface area contributed by atoms with Crippen molar-refractivity contribution in [2.24, 2.45) is 0 Å². The second-order valence-corrected chi connectivity index (χ2v) is 7.15. The molecule has 5 nitrogen and oxygen atoms in total. The van der Waals surface area contributed by atoms with Gasteiger partial charge in [-0.1, -0.05) is 12.1 Å². The van der Waals surface area contributed by atoms with Crippen LogP contribution in [0, 0.1) is 0 Å². The highest BCUT2D eigenvalue weighted by Gasteiger charge is 2.33. The lowest BCUT2D eigenvalue weighted by atomic mass is 10.1. The van der Waals surface area contributed by atoms with E-state index in [1.807, 2.05) is 23.1 Å². The van der Waals surface area contributed by atoms with Gasteiger partial charge in [-0.2, -0.15) is 0 Å². The van der Waals surface area contributed by atoms with Crippen LogP contribution in [0.15, 0.2) is 42.5 Å². The summed E-state index contributed by atoms with van der Waals surface area (Å²) in [6.45, 7) is 2.17. The third kappa shape index (κ3) is 3.55. The molecule has 0 radical (unpaired) electrons. The number of nitrogens with zero attached hydrogens (tertiary/aromatic N) is 1. The fraction of sp³-hybridized carbons (Fsp3) is 0.300. The molecule has 1 heterocycles. The van der Waals surface area contributed by atoms with E-state index in [9.17, 15) is 9.59 Å². The van der Waals surface area contributed by atoms with Crippen LogP contribution in [-0.4, -0.2) is 43.1 Å². The quantitative estimate of drug-likeness (QED) is 0.749. The molecule has 1 saturated heterocycles. The Morgan fingerprint density at radius 2 is 1.73 bits per heavy atom. The minimum atomic E-state index is -0.139. The molecule has 1 fully saturated rings. The van der Waals surface area contributed by atoms with Crippen LogP contribution in [0.25, 0.3) is 0 Å². The summed E-state index contributed by atoms with van der Waals surface area (Å²) in [5.74, 6) is 2.24. The number of ether oxygens (including phenoxy) is 2. The van der Waals surface area contributed by atoms with Crippen molar-refractivity contribution in [2.45, 2.75) is 12.3 Å². The molecule has 2 aromatic carbocycles. The first-order valence-electron chi connectivity index (χ1n) is 8.30. The van der Waals surface area contributed by atoms with Gasteiger partial charge >= 0.3 is 0 Å². The molecule has 1 amide bonds. The van der Waals surface area contributed by atoms with Gasteiger partial charge in [0.25, 0.3) is 5.91 Å². The maximum Gasteiger partial charge on any atom is 0.255 e. The summed E-state index contributed by atoms with van der Waals surface area (Å²) in [7, 11) is 3.24. The number of hydrogen-bond acceptors (Lipinski definition) is 5. The Hall–Kier alpha value is -2.47. The summed E-state index contributed by atoms with van der Waals surface area (Å²) >= 11 is 1.70.